The van der Waals surface area contributed by atoms with E-state index in [0.29, 0.717) is 30.7 Å². The van der Waals surface area contributed by atoms with E-state index in [2.05, 4.69) is 4.72 Å². The second-order valence-electron chi connectivity index (χ2n) is 6.15. The van der Waals surface area contributed by atoms with Crippen LogP contribution in [0.5, 0.6) is 0 Å². The van der Waals surface area contributed by atoms with Gasteiger partial charge in [0.1, 0.15) is 0 Å². The van der Waals surface area contributed by atoms with Crippen LogP contribution in [0.25, 0.3) is 0 Å². The minimum atomic E-state index is -3.67. The zero-order valence-electron chi connectivity index (χ0n) is 12.0. The zero-order valence-corrected chi connectivity index (χ0v) is 13.5. The summed E-state index contributed by atoms with van der Waals surface area (Å²) >= 11 is 6.01. The van der Waals surface area contributed by atoms with Crippen molar-refractivity contribution in [3.63, 3.8) is 0 Å². The molecule has 3 rings (SSSR count). The van der Waals surface area contributed by atoms with E-state index >= 15 is 0 Å². The van der Waals surface area contributed by atoms with Crippen molar-refractivity contribution >= 4 is 27.6 Å². The van der Waals surface area contributed by atoms with Gasteiger partial charge in [-0.3, -0.25) is 4.79 Å². The summed E-state index contributed by atoms with van der Waals surface area (Å²) < 4.78 is 28.0. The molecule has 0 heterocycles. The summed E-state index contributed by atoms with van der Waals surface area (Å²) in [5, 5.41) is 8.81. The van der Waals surface area contributed by atoms with E-state index < -0.39 is 32.7 Å². The molecule has 0 unspecified atom stereocenters. The first-order valence-electron chi connectivity index (χ1n) is 7.36. The Morgan fingerprint density at radius 3 is 2.50 bits per heavy atom. The lowest BCUT2D eigenvalue weighted by Crippen LogP contribution is -2.57. The van der Waals surface area contributed by atoms with Crippen LogP contribution in [0.15, 0.2) is 24.3 Å². The highest BCUT2D eigenvalue weighted by Gasteiger charge is 2.50. The molecule has 0 radical (unpaired) electrons. The zero-order chi connectivity index (χ0) is 16.0. The van der Waals surface area contributed by atoms with Gasteiger partial charge in [0.25, 0.3) is 0 Å². The predicted molar refractivity (Wildman–Crippen MR) is 83.2 cm³/mol. The van der Waals surface area contributed by atoms with E-state index in [9.17, 15) is 13.2 Å². The molecule has 2 saturated carbocycles. The smallest absolute Gasteiger partial charge is 0.307 e. The first kappa shape index (κ1) is 15.8. The fourth-order valence-electron chi connectivity index (χ4n) is 3.24. The Kier molecular flexibility index (Phi) is 3.95. The van der Waals surface area contributed by atoms with Gasteiger partial charge in [0.05, 0.1) is 16.7 Å². The van der Waals surface area contributed by atoms with E-state index in [1.54, 1.807) is 18.2 Å². The first-order valence-corrected chi connectivity index (χ1v) is 9.28. The van der Waals surface area contributed by atoms with E-state index in [-0.39, 0.29) is 0 Å². The van der Waals surface area contributed by atoms with Crippen LogP contribution in [0.1, 0.15) is 37.7 Å². The summed E-state index contributed by atoms with van der Waals surface area (Å²) in [6.45, 7) is 0. The Bertz CT molecular complexity index is 699. The molecule has 120 valence electrons. The topological polar surface area (TPSA) is 83.5 Å². The number of hydrogen-bond acceptors (Lipinski definition) is 3. The van der Waals surface area contributed by atoms with Crippen molar-refractivity contribution in [3.8, 4) is 0 Å². The molecular formula is C15H18ClNO4S. The number of sulfonamides is 1. The van der Waals surface area contributed by atoms with Crippen molar-refractivity contribution < 1.29 is 18.3 Å². The molecule has 2 fully saturated rings. The second-order valence-corrected chi connectivity index (χ2v) is 8.49. The molecule has 2 atom stereocenters. The molecule has 2 aliphatic rings. The van der Waals surface area contributed by atoms with Gasteiger partial charge in [-0.1, -0.05) is 23.7 Å². The Morgan fingerprint density at radius 2 is 2.05 bits per heavy atom. The summed E-state index contributed by atoms with van der Waals surface area (Å²) in [4.78, 5) is 11.1. The van der Waals surface area contributed by atoms with Gasteiger partial charge in [-0.2, -0.15) is 0 Å². The molecule has 1 aromatic carbocycles. The highest BCUT2D eigenvalue weighted by molar-refractivity contribution is 7.90. The molecule has 2 N–H and O–H groups in total. The summed E-state index contributed by atoms with van der Waals surface area (Å²) in [6.07, 6.45) is 3.17. The Hall–Kier alpha value is -1.11. The molecule has 0 aliphatic heterocycles. The standard InChI is InChI=1S/C15H18ClNO4S/c16-11-4-1-3-10(9-11)15(7-2-8-15)17-22(20,21)13-6-5-12(13)14(18)19/h1,3-4,9,12-13,17H,2,5-8H2,(H,18,19)/t12-,13+/m1/s1. The molecule has 0 saturated heterocycles. The minimum absolute atomic E-state index is 0.401. The second kappa shape index (κ2) is 5.51. The molecule has 0 amide bonds. The quantitative estimate of drug-likeness (QED) is 0.860. The summed E-state index contributed by atoms with van der Waals surface area (Å²) in [5.41, 5.74) is 0.212. The molecule has 2 aliphatic carbocycles. The number of aliphatic carboxylic acids is 1. The van der Waals surface area contributed by atoms with Crippen molar-refractivity contribution in [2.75, 3.05) is 0 Å². The van der Waals surface area contributed by atoms with Crippen molar-refractivity contribution in [1.29, 1.82) is 0 Å². The van der Waals surface area contributed by atoms with Crippen LogP contribution in [-0.2, 0) is 20.4 Å². The van der Waals surface area contributed by atoms with Gasteiger partial charge in [0.2, 0.25) is 10.0 Å². The van der Waals surface area contributed by atoms with E-state index in [0.717, 1.165) is 12.0 Å². The van der Waals surface area contributed by atoms with Crippen LogP contribution in [-0.4, -0.2) is 24.7 Å². The highest BCUT2D eigenvalue weighted by atomic mass is 35.5. The van der Waals surface area contributed by atoms with Crippen molar-refractivity contribution in [2.45, 2.75) is 42.9 Å². The highest BCUT2D eigenvalue weighted by Crippen LogP contribution is 2.44. The van der Waals surface area contributed by atoms with Crippen LogP contribution in [0, 0.1) is 5.92 Å². The van der Waals surface area contributed by atoms with Gasteiger partial charge in [-0.25, -0.2) is 13.1 Å². The van der Waals surface area contributed by atoms with Gasteiger partial charge in [0.15, 0.2) is 0 Å². The van der Waals surface area contributed by atoms with Crippen LogP contribution in [0.4, 0.5) is 0 Å². The monoisotopic (exact) mass is 343 g/mol. The third kappa shape index (κ3) is 2.64. The maximum Gasteiger partial charge on any atom is 0.307 e. The van der Waals surface area contributed by atoms with Gasteiger partial charge in [-0.05, 0) is 49.8 Å². The number of nitrogens with one attached hydrogen (secondary N) is 1. The predicted octanol–water partition coefficient (Wildman–Crippen LogP) is 2.50. The number of rotatable bonds is 5. The third-order valence-electron chi connectivity index (χ3n) is 4.85. The Morgan fingerprint density at radius 1 is 1.32 bits per heavy atom. The fraction of sp³-hybridized carbons (Fsp3) is 0.533. The van der Waals surface area contributed by atoms with Gasteiger partial charge >= 0.3 is 5.97 Å². The molecule has 1 aromatic rings. The van der Waals surface area contributed by atoms with E-state index in [1.807, 2.05) is 6.07 Å². The molecular weight excluding hydrogens is 326 g/mol. The van der Waals surface area contributed by atoms with E-state index in [4.69, 9.17) is 16.7 Å². The molecule has 5 nitrogen and oxygen atoms in total. The molecule has 0 aromatic heterocycles. The first-order chi connectivity index (χ1) is 10.3. The van der Waals surface area contributed by atoms with Crippen LogP contribution < -0.4 is 4.72 Å². The van der Waals surface area contributed by atoms with Crippen LogP contribution >= 0.6 is 11.6 Å². The van der Waals surface area contributed by atoms with Crippen molar-refractivity contribution in [1.82, 2.24) is 4.72 Å². The largest absolute Gasteiger partial charge is 0.481 e. The number of benzene rings is 1. The number of carboxylic acid groups (broad SMARTS) is 1. The lowest BCUT2D eigenvalue weighted by molar-refractivity contribution is -0.144. The molecule has 7 heteroatoms. The third-order valence-corrected chi connectivity index (χ3v) is 7.12. The Balaban J connectivity index is 1.85. The molecule has 0 bridgehead atoms. The van der Waals surface area contributed by atoms with Gasteiger partial charge in [-0.15, -0.1) is 0 Å². The number of carbonyl (C=O) groups is 1. The number of carboxylic acids is 1. The molecule has 22 heavy (non-hydrogen) atoms. The average molecular weight is 344 g/mol. The summed E-state index contributed by atoms with van der Waals surface area (Å²) in [5.74, 6) is -1.83. The fourth-order valence-corrected chi connectivity index (χ4v) is 5.58. The van der Waals surface area contributed by atoms with Crippen LogP contribution in [0.2, 0.25) is 5.02 Å². The lowest BCUT2D eigenvalue weighted by Gasteiger charge is -2.45. The normalized spacial score (nSPS) is 26.8. The number of hydrogen-bond donors (Lipinski definition) is 2. The van der Waals surface area contributed by atoms with E-state index in [1.165, 1.54) is 0 Å². The van der Waals surface area contributed by atoms with Crippen LogP contribution in [0.3, 0.4) is 0 Å². The SMILES string of the molecule is O=C(O)[C@@H]1CC[C@@H]1S(=O)(=O)NC1(c2cccc(Cl)c2)CCC1. The van der Waals surface area contributed by atoms with Gasteiger partial charge in [0, 0.05) is 5.02 Å². The maximum atomic E-state index is 12.6. The summed E-state index contributed by atoms with van der Waals surface area (Å²) in [7, 11) is -3.67. The molecule has 0 spiro atoms. The maximum absolute atomic E-state index is 12.6. The number of halogens is 1. The average Bonchev–Trinajstić information content (AvgIpc) is 2.31. The van der Waals surface area contributed by atoms with Crippen molar-refractivity contribution in [2.24, 2.45) is 5.92 Å². The Labute approximate surface area is 134 Å². The minimum Gasteiger partial charge on any atom is -0.481 e. The van der Waals surface area contributed by atoms with Gasteiger partial charge < -0.3 is 5.11 Å². The lowest BCUT2D eigenvalue weighted by atomic mass is 9.73. The summed E-state index contributed by atoms with van der Waals surface area (Å²) in [6, 6.07) is 7.19. The van der Waals surface area contributed by atoms with Crippen molar-refractivity contribution in [3.05, 3.63) is 34.9 Å².